The number of primary amides is 1. The predicted octanol–water partition coefficient (Wildman–Crippen LogP) is 3.52. The Morgan fingerprint density at radius 1 is 1.04 bits per heavy atom. The van der Waals surface area contributed by atoms with Crippen LogP contribution in [0.25, 0.3) is 10.9 Å². The van der Waals surface area contributed by atoms with E-state index < -0.39 is 5.91 Å². The molecule has 0 fully saturated rings. The van der Waals surface area contributed by atoms with Crippen molar-refractivity contribution in [2.24, 2.45) is 5.73 Å². The van der Waals surface area contributed by atoms with E-state index >= 15 is 0 Å². The highest BCUT2D eigenvalue weighted by molar-refractivity contribution is 6.12. The van der Waals surface area contributed by atoms with E-state index in [0.717, 1.165) is 0 Å². The van der Waals surface area contributed by atoms with E-state index in [1.54, 1.807) is 37.3 Å². The summed E-state index contributed by atoms with van der Waals surface area (Å²) in [6.45, 7) is 5.62. The van der Waals surface area contributed by atoms with E-state index in [-0.39, 0.29) is 12.0 Å². The normalized spacial score (nSPS) is 11.0. The fourth-order valence-electron chi connectivity index (χ4n) is 3.02. The lowest BCUT2D eigenvalue weighted by molar-refractivity contribution is 0.0963. The van der Waals surface area contributed by atoms with Gasteiger partial charge in [0.15, 0.2) is 0 Å². The first kappa shape index (κ1) is 16.8. The SMILES string of the molecule is Cc1c(C(N)=O)c2ccccc2n1C(=O)c1ccc(OC(C)C)cc1. The molecule has 0 saturated heterocycles. The van der Waals surface area contributed by atoms with Crippen molar-refractivity contribution in [3.8, 4) is 5.75 Å². The molecule has 1 amide bonds. The number of nitrogens with zero attached hydrogens (tertiary/aromatic N) is 1. The molecule has 5 nitrogen and oxygen atoms in total. The molecule has 1 aromatic heterocycles. The van der Waals surface area contributed by atoms with Gasteiger partial charge in [-0.25, -0.2) is 0 Å². The summed E-state index contributed by atoms with van der Waals surface area (Å²) in [7, 11) is 0. The largest absolute Gasteiger partial charge is 0.491 e. The molecule has 2 N–H and O–H groups in total. The molecule has 0 saturated carbocycles. The van der Waals surface area contributed by atoms with Gasteiger partial charge in [0, 0.05) is 16.6 Å². The zero-order chi connectivity index (χ0) is 18.1. The first-order valence-electron chi connectivity index (χ1n) is 8.11. The fraction of sp³-hybridized carbons (Fsp3) is 0.200. The molecule has 0 aliphatic rings. The molecule has 128 valence electrons. The minimum atomic E-state index is -0.541. The van der Waals surface area contributed by atoms with Crippen molar-refractivity contribution in [2.75, 3.05) is 0 Å². The number of aromatic nitrogens is 1. The van der Waals surface area contributed by atoms with Gasteiger partial charge in [0.1, 0.15) is 5.75 Å². The molecule has 0 aliphatic carbocycles. The number of hydrogen-bond donors (Lipinski definition) is 1. The van der Waals surface area contributed by atoms with Gasteiger partial charge in [0.25, 0.3) is 11.8 Å². The van der Waals surface area contributed by atoms with Gasteiger partial charge < -0.3 is 10.5 Å². The second-order valence-corrected chi connectivity index (χ2v) is 6.17. The Bertz CT molecular complexity index is 953. The molecule has 3 rings (SSSR count). The Hall–Kier alpha value is -3.08. The van der Waals surface area contributed by atoms with Crippen molar-refractivity contribution in [1.29, 1.82) is 0 Å². The molecule has 0 atom stereocenters. The van der Waals surface area contributed by atoms with Crippen molar-refractivity contribution in [3.05, 3.63) is 65.4 Å². The maximum atomic E-state index is 13.0. The van der Waals surface area contributed by atoms with Crippen LogP contribution in [-0.2, 0) is 0 Å². The standard InChI is InChI=1S/C20H20N2O3/c1-12(2)25-15-10-8-14(9-11-15)20(24)22-13(3)18(19(21)23)16-6-4-5-7-17(16)22/h4-12H,1-3H3,(H2,21,23). The Kier molecular flexibility index (Phi) is 4.31. The van der Waals surface area contributed by atoms with Crippen LogP contribution in [0.2, 0.25) is 0 Å². The maximum Gasteiger partial charge on any atom is 0.262 e. The minimum Gasteiger partial charge on any atom is -0.491 e. The molecule has 0 unspecified atom stereocenters. The molecule has 0 bridgehead atoms. The third-order valence-corrected chi connectivity index (χ3v) is 4.03. The zero-order valence-corrected chi connectivity index (χ0v) is 14.4. The quantitative estimate of drug-likeness (QED) is 0.792. The molecule has 1 heterocycles. The van der Waals surface area contributed by atoms with E-state index in [1.807, 2.05) is 32.0 Å². The summed E-state index contributed by atoms with van der Waals surface area (Å²) in [6.07, 6.45) is 0.0651. The van der Waals surface area contributed by atoms with E-state index in [9.17, 15) is 9.59 Å². The van der Waals surface area contributed by atoms with Crippen molar-refractivity contribution >= 4 is 22.7 Å². The summed E-state index contributed by atoms with van der Waals surface area (Å²) < 4.78 is 7.14. The van der Waals surface area contributed by atoms with Crippen LogP contribution in [0, 0.1) is 6.92 Å². The first-order valence-corrected chi connectivity index (χ1v) is 8.11. The number of rotatable bonds is 4. The number of benzene rings is 2. The molecule has 5 heteroatoms. The van der Waals surface area contributed by atoms with Crippen LogP contribution >= 0.6 is 0 Å². The number of hydrogen-bond acceptors (Lipinski definition) is 3. The van der Waals surface area contributed by atoms with Gasteiger partial charge in [-0.05, 0) is 51.1 Å². The van der Waals surface area contributed by atoms with Crippen molar-refractivity contribution in [3.63, 3.8) is 0 Å². The summed E-state index contributed by atoms with van der Waals surface area (Å²) in [6, 6.07) is 14.2. The Labute approximate surface area is 146 Å². The lowest BCUT2D eigenvalue weighted by atomic mass is 10.1. The molecule has 0 spiro atoms. The van der Waals surface area contributed by atoms with E-state index in [0.29, 0.717) is 33.5 Å². The van der Waals surface area contributed by atoms with Gasteiger partial charge >= 0.3 is 0 Å². The number of carbonyl (C=O) groups excluding carboxylic acids is 2. The van der Waals surface area contributed by atoms with E-state index in [4.69, 9.17) is 10.5 Å². The lowest BCUT2D eigenvalue weighted by Gasteiger charge is -2.11. The minimum absolute atomic E-state index is 0.0651. The summed E-state index contributed by atoms with van der Waals surface area (Å²) in [5.41, 5.74) is 7.62. The Balaban J connectivity index is 2.09. The van der Waals surface area contributed by atoms with Gasteiger partial charge in [-0.3, -0.25) is 14.2 Å². The van der Waals surface area contributed by atoms with E-state index in [2.05, 4.69) is 0 Å². The molecular formula is C20H20N2O3. The third kappa shape index (κ3) is 3.01. The Morgan fingerprint density at radius 2 is 1.68 bits per heavy atom. The second-order valence-electron chi connectivity index (χ2n) is 6.17. The maximum absolute atomic E-state index is 13.0. The molecular weight excluding hydrogens is 316 g/mol. The number of carbonyl (C=O) groups is 2. The highest BCUT2D eigenvalue weighted by atomic mass is 16.5. The van der Waals surface area contributed by atoms with Gasteiger partial charge in [0.05, 0.1) is 17.2 Å². The number of para-hydroxylation sites is 1. The van der Waals surface area contributed by atoms with Gasteiger partial charge in [-0.15, -0.1) is 0 Å². The highest BCUT2D eigenvalue weighted by Crippen LogP contribution is 2.27. The van der Waals surface area contributed by atoms with Crippen LogP contribution in [0.4, 0.5) is 0 Å². The van der Waals surface area contributed by atoms with Crippen LogP contribution in [0.15, 0.2) is 48.5 Å². The van der Waals surface area contributed by atoms with Crippen LogP contribution < -0.4 is 10.5 Å². The average molecular weight is 336 g/mol. The predicted molar refractivity (Wildman–Crippen MR) is 97.1 cm³/mol. The number of fused-ring (bicyclic) bond motifs is 1. The smallest absolute Gasteiger partial charge is 0.262 e. The monoisotopic (exact) mass is 336 g/mol. The van der Waals surface area contributed by atoms with Crippen LogP contribution in [-0.4, -0.2) is 22.5 Å². The average Bonchev–Trinajstić information content (AvgIpc) is 2.86. The number of amides is 1. The van der Waals surface area contributed by atoms with Crippen LogP contribution in [0.5, 0.6) is 5.75 Å². The summed E-state index contributed by atoms with van der Waals surface area (Å²) in [4.78, 5) is 24.9. The molecule has 0 aliphatic heterocycles. The molecule has 2 aromatic carbocycles. The van der Waals surface area contributed by atoms with Gasteiger partial charge in [-0.1, -0.05) is 18.2 Å². The number of nitrogens with two attached hydrogens (primary N) is 1. The summed E-state index contributed by atoms with van der Waals surface area (Å²) >= 11 is 0. The molecule has 25 heavy (non-hydrogen) atoms. The van der Waals surface area contributed by atoms with E-state index in [1.165, 1.54) is 4.57 Å². The lowest BCUT2D eigenvalue weighted by Crippen LogP contribution is -2.16. The van der Waals surface area contributed by atoms with Gasteiger partial charge in [-0.2, -0.15) is 0 Å². The first-order chi connectivity index (χ1) is 11.9. The van der Waals surface area contributed by atoms with Crippen molar-refractivity contribution in [2.45, 2.75) is 26.9 Å². The summed E-state index contributed by atoms with van der Waals surface area (Å²) in [5, 5.41) is 0.681. The third-order valence-electron chi connectivity index (χ3n) is 4.03. The van der Waals surface area contributed by atoms with Crippen molar-refractivity contribution < 1.29 is 14.3 Å². The topological polar surface area (TPSA) is 74.3 Å². The highest BCUT2D eigenvalue weighted by Gasteiger charge is 2.22. The van der Waals surface area contributed by atoms with Crippen molar-refractivity contribution in [1.82, 2.24) is 4.57 Å². The molecule has 3 aromatic rings. The van der Waals surface area contributed by atoms with Crippen LogP contribution in [0.3, 0.4) is 0 Å². The van der Waals surface area contributed by atoms with Gasteiger partial charge in [0.2, 0.25) is 0 Å². The second kappa shape index (κ2) is 6.43. The fourth-order valence-corrected chi connectivity index (χ4v) is 3.02. The molecule has 0 radical (unpaired) electrons. The Morgan fingerprint density at radius 3 is 2.28 bits per heavy atom. The van der Waals surface area contributed by atoms with Crippen LogP contribution in [0.1, 0.15) is 40.3 Å². The summed E-state index contributed by atoms with van der Waals surface area (Å²) in [5.74, 6) is -0.0447. The number of ether oxygens (including phenoxy) is 1. The zero-order valence-electron chi connectivity index (χ0n) is 14.4.